The highest BCUT2D eigenvalue weighted by Gasteiger charge is 2.21. The number of rotatable bonds is 4. The van der Waals surface area contributed by atoms with Crippen molar-refractivity contribution >= 4 is 10.9 Å². The lowest BCUT2D eigenvalue weighted by Gasteiger charge is -2.12. The monoisotopic (exact) mass is 337 g/mol. The topological polar surface area (TPSA) is 60.8 Å². The Morgan fingerprint density at radius 2 is 2.08 bits per heavy atom. The van der Waals surface area contributed by atoms with Gasteiger partial charge < -0.3 is 19.3 Å². The molecule has 0 spiro atoms. The fourth-order valence-electron chi connectivity index (χ4n) is 3.22. The average molecular weight is 337 g/mol. The van der Waals surface area contributed by atoms with Crippen LogP contribution in [-0.4, -0.2) is 30.6 Å². The van der Waals surface area contributed by atoms with Crippen LogP contribution in [-0.2, 0) is 6.42 Å². The summed E-state index contributed by atoms with van der Waals surface area (Å²) >= 11 is 0. The van der Waals surface area contributed by atoms with Gasteiger partial charge in [0.15, 0.2) is 11.5 Å². The molecule has 128 valence electrons. The molecule has 0 unspecified atom stereocenters. The molecule has 3 aromatic rings. The van der Waals surface area contributed by atoms with Gasteiger partial charge in [0.25, 0.3) is 0 Å². The lowest BCUT2D eigenvalue weighted by molar-refractivity contribution is 0.171. The number of para-hydroxylation sites is 1. The molecular formula is C20H19NO4. The van der Waals surface area contributed by atoms with Crippen LogP contribution in [0.1, 0.15) is 11.1 Å². The van der Waals surface area contributed by atoms with Gasteiger partial charge in [-0.25, -0.2) is 4.98 Å². The molecule has 1 N–H and O–H groups in total. The van der Waals surface area contributed by atoms with E-state index >= 15 is 0 Å². The number of methoxy groups -OCH3 is 1. The zero-order chi connectivity index (χ0) is 17.4. The number of fused-ring (bicyclic) bond motifs is 2. The van der Waals surface area contributed by atoms with E-state index < -0.39 is 0 Å². The summed E-state index contributed by atoms with van der Waals surface area (Å²) in [5.41, 5.74) is 4.84. The van der Waals surface area contributed by atoms with Gasteiger partial charge in [-0.15, -0.1) is 0 Å². The predicted molar refractivity (Wildman–Crippen MR) is 95.4 cm³/mol. The van der Waals surface area contributed by atoms with E-state index in [1.54, 1.807) is 7.11 Å². The molecule has 0 aliphatic carbocycles. The summed E-state index contributed by atoms with van der Waals surface area (Å²) in [5, 5.41) is 10.4. The van der Waals surface area contributed by atoms with Crippen molar-refractivity contribution in [2.24, 2.45) is 0 Å². The van der Waals surface area contributed by atoms with Gasteiger partial charge in [0.2, 0.25) is 12.5 Å². The third kappa shape index (κ3) is 2.66. The van der Waals surface area contributed by atoms with Crippen molar-refractivity contribution in [3.8, 4) is 28.5 Å². The van der Waals surface area contributed by atoms with E-state index in [1.807, 2.05) is 24.3 Å². The third-order valence-electron chi connectivity index (χ3n) is 4.47. The fourth-order valence-corrected chi connectivity index (χ4v) is 3.22. The molecule has 4 rings (SSSR count). The van der Waals surface area contributed by atoms with E-state index in [2.05, 4.69) is 19.1 Å². The highest BCUT2D eigenvalue weighted by Crippen LogP contribution is 2.44. The zero-order valence-corrected chi connectivity index (χ0v) is 14.2. The Morgan fingerprint density at radius 1 is 1.20 bits per heavy atom. The lowest BCUT2D eigenvalue weighted by atomic mass is 10.0. The summed E-state index contributed by atoms with van der Waals surface area (Å²) in [5.74, 6) is 1.93. The van der Waals surface area contributed by atoms with Gasteiger partial charge in [0.1, 0.15) is 0 Å². The van der Waals surface area contributed by atoms with Gasteiger partial charge >= 0.3 is 0 Å². The number of aliphatic hydroxyl groups is 1. The molecule has 0 atom stereocenters. The predicted octanol–water partition coefficient (Wildman–Crippen LogP) is 3.48. The van der Waals surface area contributed by atoms with Crippen molar-refractivity contribution in [2.75, 3.05) is 20.5 Å². The maximum absolute atomic E-state index is 9.33. The van der Waals surface area contributed by atoms with Gasteiger partial charge in [0, 0.05) is 17.6 Å². The van der Waals surface area contributed by atoms with Crippen molar-refractivity contribution in [3.63, 3.8) is 0 Å². The summed E-state index contributed by atoms with van der Waals surface area (Å²) in [6, 6.07) is 12.0. The number of ether oxygens (including phenoxy) is 3. The molecule has 1 aliphatic rings. The van der Waals surface area contributed by atoms with E-state index in [0.29, 0.717) is 23.7 Å². The number of aromatic nitrogens is 1. The summed E-state index contributed by atoms with van der Waals surface area (Å²) in [6.07, 6.45) is 0.581. The van der Waals surface area contributed by atoms with Crippen LogP contribution in [0.4, 0.5) is 0 Å². The molecule has 0 fully saturated rings. The summed E-state index contributed by atoms with van der Waals surface area (Å²) in [4.78, 5) is 4.86. The zero-order valence-electron chi connectivity index (χ0n) is 14.2. The molecule has 1 aromatic heterocycles. The van der Waals surface area contributed by atoms with E-state index in [1.165, 1.54) is 0 Å². The number of hydrogen-bond donors (Lipinski definition) is 1. The van der Waals surface area contributed by atoms with Crippen molar-refractivity contribution in [1.82, 2.24) is 4.98 Å². The largest absolute Gasteiger partial charge is 0.493 e. The quantitative estimate of drug-likeness (QED) is 0.790. The van der Waals surface area contributed by atoms with Gasteiger partial charge in [-0.3, -0.25) is 0 Å². The van der Waals surface area contributed by atoms with Crippen LogP contribution < -0.4 is 14.2 Å². The molecule has 0 amide bonds. The van der Waals surface area contributed by atoms with E-state index in [9.17, 15) is 5.11 Å². The first kappa shape index (κ1) is 15.7. The molecule has 0 radical (unpaired) electrons. The van der Waals surface area contributed by atoms with Gasteiger partial charge in [0.05, 0.1) is 18.3 Å². The molecule has 25 heavy (non-hydrogen) atoms. The molecule has 0 saturated carbocycles. The summed E-state index contributed by atoms with van der Waals surface area (Å²) in [7, 11) is 1.61. The number of benzene rings is 2. The Kier molecular flexibility index (Phi) is 3.93. The molecule has 5 nitrogen and oxygen atoms in total. The first-order chi connectivity index (χ1) is 12.2. The second-order valence-corrected chi connectivity index (χ2v) is 6.02. The average Bonchev–Trinajstić information content (AvgIpc) is 3.10. The molecule has 2 aromatic carbocycles. The molecular weight excluding hydrogens is 318 g/mol. The lowest BCUT2D eigenvalue weighted by Crippen LogP contribution is -1.97. The first-order valence-corrected chi connectivity index (χ1v) is 8.19. The van der Waals surface area contributed by atoms with Crippen LogP contribution in [0.2, 0.25) is 0 Å². The molecule has 2 heterocycles. The SMILES string of the molecule is COc1cc(-c2cc(C)c3cccc(CCO)c3n2)cc2c1OCO2. The standard InChI is InChI=1S/C20H19NO4/c1-12-8-16(21-19-13(6-7-22)4-3-5-15(12)19)14-9-17(23-2)20-18(10-14)24-11-25-20/h3-5,8-10,22H,6-7,11H2,1-2H3. The number of pyridine rings is 1. The third-order valence-corrected chi connectivity index (χ3v) is 4.47. The fraction of sp³-hybridized carbons (Fsp3) is 0.250. The van der Waals surface area contributed by atoms with Crippen LogP contribution in [0.15, 0.2) is 36.4 Å². The van der Waals surface area contributed by atoms with Crippen LogP contribution in [0.25, 0.3) is 22.2 Å². The molecule has 1 aliphatic heterocycles. The van der Waals surface area contributed by atoms with E-state index in [-0.39, 0.29) is 13.4 Å². The smallest absolute Gasteiger partial charge is 0.231 e. The van der Waals surface area contributed by atoms with Gasteiger partial charge in [-0.1, -0.05) is 18.2 Å². The minimum absolute atomic E-state index is 0.0991. The Labute approximate surface area is 145 Å². The summed E-state index contributed by atoms with van der Waals surface area (Å²) in [6.45, 7) is 2.36. The van der Waals surface area contributed by atoms with Gasteiger partial charge in [-0.2, -0.15) is 0 Å². The first-order valence-electron chi connectivity index (χ1n) is 8.19. The van der Waals surface area contributed by atoms with Crippen molar-refractivity contribution in [2.45, 2.75) is 13.3 Å². The summed E-state index contributed by atoms with van der Waals surface area (Å²) < 4.78 is 16.4. The van der Waals surface area contributed by atoms with Crippen molar-refractivity contribution < 1.29 is 19.3 Å². The molecule has 0 bridgehead atoms. The van der Waals surface area contributed by atoms with E-state index in [4.69, 9.17) is 19.2 Å². The Morgan fingerprint density at radius 3 is 2.88 bits per heavy atom. The minimum Gasteiger partial charge on any atom is -0.493 e. The van der Waals surface area contributed by atoms with Gasteiger partial charge in [-0.05, 0) is 42.7 Å². The highest BCUT2D eigenvalue weighted by molar-refractivity contribution is 5.88. The number of hydrogen-bond acceptors (Lipinski definition) is 5. The number of nitrogens with zero attached hydrogens (tertiary/aromatic N) is 1. The molecule has 0 saturated heterocycles. The Bertz CT molecular complexity index is 952. The van der Waals surface area contributed by atoms with Crippen LogP contribution in [0.3, 0.4) is 0 Å². The van der Waals surface area contributed by atoms with Crippen LogP contribution in [0, 0.1) is 6.92 Å². The highest BCUT2D eigenvalue weighted by atomic mass is 16.7. The maximum Gasteiger partial charge on any atom is 0.231 e. The normalized spacial score (nSPS) is 12.6. The Balaban J connectivity index is 1.91. The molecule has 5 heteroatoms. The van der Waals surface area contributed by atoms with Crippen molar-refractivity contribution in [1.29, 1.82) is 0 Å². The second kappa shape index (κ2) is 6.26. The van der Waals surface area contributed by atoms with Crippen LogP contribution >= 0.6 is 0 Å². The number of aryl methyl sites for hydroxylation is 1. The van der Waals surface area contributed by atoms with E-state index in [0.717, 1.165) is 33.3 Å². The second-order valence-electron chi connectivity index (χ2n) is 6.02. The van der Waals surface area contributed by atoms with Crippen molar-refractivity contribution in [3.05, 3.63) is 47.5 Å². The Hall–Kier alpha value is -2.79. The minimum atomic E-state index is 0.0991. The number of aliphatic hydroxyl groups excluding tert-OH is 1. The maximum atomic E-state index is 9.33. The van der Waals surface area contributed by atoms with Crippen LogP contribution in [0.5, 0.6) is 17.2 Å².